The van der Waals surface area contributed by atoms with Crippen molar-refractivity contribution < 1.29 is 19.3 Å². The maximum Gasteiger partial charge on any atom is 0.125 e. The Morgan fingerprint density at radius 3 is 2.74 bits per heavy atom. The van der Waals surface area contributed by atoms with Crippen molar-refractivity contribution in [1.29, 1.82) is 0 Å². The van der Waals surface area contributed by atoms with Gasteiger partial charge in [0, 0.05) is 38.7 Å². The molecule has 4 heteroatoms. The Bertz CT molecular complexity index is 440. The Labute approximate surface area is 113 Å². The minimum Gasteiger partial charge on any atom is -0.493 e. The van der Waals surface area contributed by atoms with Crippen molar-refractivity contribution in [3.05, 3.63) is 29.8 Å². The molecular weight excluding hydrogens is 244 g/mol. The first-order valence-corrected chi connectivity index (χ1v) is 6.79. The molecule has 2 aliphatic heterocycles. The first kappa shape index (κ1) is 12.9. The molecular formula is C15H20O4. The third-order valence-corrected chi connectivity index (χ3v) is 4.46. The summed E-state index contributed by atoms with van der Waals surface area (Å²) in [5.41, 5.74) is 0.521. The van der Waals surface area contributed by atoms with Gasteiger partial charge in [0.1, 0.15) is 5.75 Å². The second-order valence-electron chi connectivity index (χ2n) is 5.28. The highest BCUT2D eigenvalue weighted by molar-refractivity contribution is 5.37. The summed E-state index contributed by atoms with van der Waals surface area (Å²) in [5, 5.41) is 10.7. The van der Waals surface area contributed by atoms with E-state index in [1.807, 2.05) is 24.3 Å². The van der Waals surface area contributed by atoms with Gasteiger partial charge in [-0.3, -0.25) is 0 Å². The second-order valence-corrected chi connectivity index (χ2v) is 5.28. The molecule has 1 aromatic rings. The van der Waals surface area contributed by atoms with Crippen LogP contribution < -0.4 is 4.74 Å². The fourth-order valence-electron chi connectivity index (χ4n) is 3.23. The lowest BCUT2D eigenvalue weighted by atomic mass is 9.75. The highest BCUT2D eigenvalue weighted by Gasteiger charge is 2.47. The van der Waals surface area contributed by atoms with Crippen LogP contribution in [0.25, 0.3) is 0 Å². The van der Waals surface area contributed by atoms with Crippen molar-refractivity contribution in [3.8, 4) is 5.75 Å². The van der Waals surface area contributed by atoms with Crippen molar-refractivity contribution in [3.63, 3.8) is 0 Å². The van der Waals surface area contributed by atoms with Crippen LogP contribution in [-0.4, -0.2) is 37.6 Å². The van der Waals surface area contributed by atoms with E-state index >= 15 is 0 Å². The summed E-state index contributed by atoms with van der Waals surface area (Å²) in [6.07, 6.45) is 1.07. The van der Waals surface area contributed by atoms with E-state index in [-0.39, 0.29) is 11.5 Å². The summed E-state index contributed by atoms with van der Waals surface area (Å²) >= 11 is 0. The highest BCUT2D eigenvalue weighted by Crippen LogP contribution is 2.44. The number of methoxy groups -OCH3 is 1. The molecule has 2 aliphatic rings. The monoisotopic (exact) mass is 264 g/mol. The van der Waals surface area contributed by atoms with E-state index in [0.717, 1.165) is 24.2 Å². The van der Waals surface area contributed by atoms with Crippen LogP contribution >= 0.6 is 0 Å². The molecule has 1 aromatic carbocycles. The third kappa shape index (κ3) is 2.14. The van der Waals surface area contributed by atoms with Crippen LogP contribution in [-0.2, 0) is 9.47 Å². The molecule has 3 rings (SSSR count). The van der Waals surface area contributed by atoms with E-state index in [1.165, 1.54) is 0 Å². The molecule has 1 fully saturated rings. The molecule has 0 aliphatic carbocycles. The van der Waals surface area contributed by atoms with Crippen LogP contribution in [0.3, 0.4) is 0 Å². The lowest BCUT2D eigenvalue weighted by Crippen LogP contribution is -2.50. The van der Waals surface area contributed by atoms with Crippen LogP contribution in [0.2, 0.25) is 0 Å². The summed E-state index contributed by atoms with van der Waals surface area (Å²) in [5.74, 6) is 0.737. The summed E-state index contributed by atoms with van der Waals surface area (Å²) in [6.45, 7) is 1.85. The van der Waals surface area contributed by atoms with E-state index in [9.17, 15) is 5.11 Å². The number of ether oxygens (including phenoxy) is 3. The second kappa shape index (κ2) is 5.12. The number of para-hydroxylation sites is 1. The maximum atomic E-state index is 10.7. The van der Waals surface area contributed by atoms with Crippen LogP contribution in [0.5, 0.6) is 5.75 Å². The average Bonchev–Trinajstić information content (AvgIpc) is 2.48. The normalized spacial score (nSPS) is 29.4. The predicted molar refractivity (Wildman–Crippen MR) is 70.2 cm³/mol. The van der Waals surface area contributed by atoms with Gasteiger partial charge in [0.15, 0.2) is 0 Å². The van der Waals surface area contributed by atoms with E-state index in [1.54, 1.807) is 7.11 Å². The van der Waals surface area contributed by atoms with Gasteiger partial charge < -0.3 is 19.3 Å². The molecule has 0 spiro atoms. The lowest BCUT2D eigenvalue weighted by Gasteiger charge is -2.45. The van der Waals surface area contributed by atoms with Crippen molar-refractivity contribution in [1.82, 2.24) is 0 Å². The summed E-state index contributed by atoms with van der Waals surface area (Å²) in [4.78, 5) is 0. The van der Waals surface area contributed by atoms with Gasteiger partial charge in [-0.2, -0.15) is 0 Å². The number of hydrogen-bond donors (Lipinski definition) is 1. The van der Waals surface area contributed by atoms with Gasteiger partial charge in [-0.25, -0.2) is 0 Å². The Hall–Kier alpha value is -1.10. The van der Waals surface area contributed by atoms with Gasteiger partial charge >= 0.3 is 0 Å². The van der Waals surface area contributed by atoms with Gasteiger partial charge in [-0.05, 0) is 6.07 Å². The van der Waals surface area contributed by atoms with Gasteiger partial charge in [0.25, 0.3) is 0 Å². The average molecular weight is 264 g/mol. The zero-order valence-electron chi connectivity index (χ0n) is 11.2. The molecule has 0 radical (unpaired) electrons. The van der Waals surface area contributed by atoms with Crippen molar-refractivity contribution >= 4 is 0 Å². The van der Waals surface area contributed by atoms with Crippen molar-refractivity contribution in [2.45, 2.75) is 24.5 Å². The van der Waals surface area contributed by atoms with Crippen LogP contribution in [0.15, 0.2) is 24.3 Å². The molecule has 0 saturated carbocycles. The molecule has 0 amide bonds. The topological polar surface area (TPSA) is 47.9 Å². The lowest BCUT2D eigenvalue weighted by molar-refractivity contribution is -0.162. The number of aliphatic hydroxyl groups is 1. The SMILES string of the molecule is COC1([C@H]2COc3ccccc3C2O)CCOCC1. The Balaban J connectivity index is 1.90. The fraction of sp³-hybridized carbons (Fsp3) is 0.600. The summed E-state index contributed by atoms with van der Waals surface area (Å²) in [7, 11) is 1.72. The molecule has 19 heavy (non-hydrogen) atoms. The van der Waals surface area contributed by atoms with Gasteiger partial charge in [0.05, 0.1) is 24.2 Å². The molecule has 2 heterocycles. The van der Waals surface area contributed by atoms with E-state index in [0.29, 0.717) is 19.8 Å². The fourth-order valence-corrected chi connectivity index (χ4v) is 3.23. The molecule has 4 nitrogen and oxygen atoms in total. The van der Waals surface area contributed by atoms with Crippen molar-refractivity contribution in [2.24, 2.45) is 5.92 Å². The maximum absolute atomic E-state index is 10.7. The minimum atomic E-state index is -0.539. The molecule has 1 unspecified atom stereocenters. The Kier molecular flexibility index (Phi) is 3.48. The largest absolute Gasteiger partial charge is 0.493 e. The summed E-state index contributed by atoms with van der Waals surface area (Å²) < 4.78 is 17.0. The van der Waals surface area contributed by atoms with Crippen LogP contribution in [0.4, 0.5) is 0 Å². The number of hydrogen-bond acceptors (Lipinski definition) is 4. The summed E-state index contributed by atoms with van der Waals surface area (Å²) in [6, 6.07) is 7.68. The standard InChI is InChI=1S/C15H20O4/c1-17-15(6-8-18-9-7-15)12-10-19-13-5-3-2-4-11(13)14(12)16/h2-5,12,14,16H,6-10H2,1H3/t12-,14?/m0/s1. The van der Waals surface area contributed by atoms with E-state index < -0.39 is 6.10 Å². The zero-order valence-corrected chi connectivity index (χ0v) is 11.2. The predicted octanol–water partition coefficient (Wildman–Crippen LogP) is 1.92. The quantitative estimate of drug-likeness (QED) is 0.886. The van der Waals surface area contributed by atoms with Gasteiger partial charge in [-0.1, -0.05) is 18.2 Å². The third-order valence-electron chi connectivity index (χ3n) is 4.46. The molecule has 104 valence electrons. The molecule has 1 saturated heterocycles. The van der Waals surface area contributed by atoms with E-state index in [4.69, 9.17) is 14.2 Å². The van der Waals surface area contributed by atoms with Crippen molar-refractivity contribution in [2.75, 3.05) is 26.9 Å². The molecule has 0 bridgehead atoms. The molecule has 2 atom stereocenters. The Morgan fingerprint density at radius 1 is 1.26 bits per heavy atom. The number of rotatable bonds is 2. The van der Waals surface area contributed by atoms with Gasteiger partial charge in [-0.15, -0.1) is 0 Å². The minimum absolute atomic E-state index is 0.0451. The number of aliphatic hydroxyl groups excluding tert-OH is 1. The molecule has 1 N–H and O–H groups in total. The van der Waals surface area contributed by atoms with Crippen LogP contribution in [0, 0.1) is 5.92 Å². The number of benzene rings is 1. The number of fused-ring (bicyclic) bond motifs is 1. The zero-order chi connectivity index (χ0) is 13.3. The van der Waals surface area contributed by atoms with Crippen LogP contribution in [0.1, 0.15) is 24.5 Å². The smallest absolute Gasteiger partial charge is 0.125 e. The highest BCUT2D eigenvalue weighted by atomic mass is 16.5. The Morgan fingerprint density at radius 2 is 2.00 bits per heavy atom. The molecule has 0 aromatic heterocycles. The van der Waals surface area contributed by atoms with E-state index in [2.05, 4.69) is 0 Å². The first-order valence-electron chi connectivity index (χ1n) is 6.79. The van der Waals surface area contributed by atoms with Gasteiger partial charge in [0.2, 0.25) is 0 Å². The first-order chi connectivity index (χ1) is 9.27.